The molecule has 1 aliphatic heterocycles. The van der Waals surface area contributed by atoms with Crippen LogP contribution < -0.4 is 0 Å². The van der Waals surface area contributed by atoms with E-state index < -0.39 is 12.5 Å². The second kappa shape index (κ2) is 2.43. The van der Waals surface area contributed by atoms with Crippen molar-refractivity contribution in [2.75, 3.05) is 6.54 Å². The lowest BCUT2D eigenvalue weighted by molar-refractivity contribution is -0.130. The molecular weight excluding hydrogens is 152 g/mol. The molecule has 2 nitrogen and oxygen atoms in total. The normalized spacial score (nSPS) is 29.1. The van der Waals surface area contributed by atoms with Gasteiger partial charge < -0.3 is 4.90 Å². The summed E-state index contributed by atoms with van der Waals surface area (Å²) >= 11 is 0. The highest BCUT2D eigenvalue weighted by Gasteiger charge is 2.43. The minimum Gasteiger partial charge on any atom is -0.334 e. The number of hydrogen-bond acceptors (Lipinski definition) is 1. The fourth-order valence-corrected chi connectivity index (χ4v) is 1.43. The van der Waals surface area contributed by atoms with E-state index in [1.165, 1.54) is 11.8 Å². The minimum absolute atomic E-state index is 0.202. The Morgan fingerprint density at radius 1 is 1.64 bits per heavy atom. The van der Waals surface area contributed by atoms with Gasteiger partial charge >= 0.3 is 0 Å². The standard InChI is InChI=1S/C7H11F2NO/c1-5-3-7(8,9)4-10(5)6(2)11/h5H,3-4H2,1-2H3/t5-/m1/s1. The molecule has 1 rings (SSSR count). The average Bonchev–Trinajstić information content (AvgIpc) is 2.05. The lowest BCUT2D eigenvalue weighted by atomic mass is 10.2. The maximum Gasteiger partial charge on any atom is 0.267 e. The summed E-state index contributed by atoms with van der Waals surface area (Å²) in [5.74, 6) is -2.94. The van der Waals surface area contributed by atoms with Gasteiger partial charge in [0, 0.05) is 19.4 Å². The van der Waals surface area contributed by atoms with Crippen LogP contribution in [0.3, 0.4) is 0 Å². The SMILES string of the molecule is CC(=O)N1CC(F)(F)C[C@H]1C. The molecule has 64 valence electrons. The molecule has 11 heavy (non-hydrogen) atoms. The molecule has 0 N–H and O–H groups in total. The van der Waals surface area contributed by atoms with E-state index in [0.29, 0.717) is 0 Å². The predicted molar refractivity (Wildman–Crippen MR) is 36.4 cm³/mol. The van der Waals surface area contributed by atoms with Crippen LogP contribution in [-0.4, -0.2) is 29.3 Å². The summed E-state index contributed by atoms with van der Waals surface area (Å²) in [5.41, 5.74) is 0. The van der Waals surface area contributed by atoms with Crippen molar-refractivity contribution in [3.8, 4) is 0 Å². The highest BCUT2D eigenvalue weighted by atomic mass is 19.3. The highest BCUT2D eigenvalue weighted by molar-refractivity contribution is 5.74. The Hall–Kier alpha value is -0.670. The second-order valence-electron chi connectivity index (χ2n) is 3.06. The van der Waals surface area contributed by atoms with Crippen LogP contribution in [0, 0.1) is 0 Å². The van der Waals surface area contributed by atoms with Gasteiger partial charge in [0.2, 0.25) is 5.91 Å². The van der Waals surface area contributed by atoms with Crippen molar-refractivity contribution >= 4 is 5.91 Å². The third-order valence-electron chi connectivity index (χ3n) is 1.93. The molecule has 1 saturated heterocycles. The molecule has 1 fully saturated rings. The molecule has 0 aliphatic carbocycles. The Balaban J connectivity index is 2.66. The van der Waals surface area contributed by atoms with Gasteiger partial charge in [0.05, 0.1) is 6.54 Å². The number of rotatable bonds is 0. The highest BCUT2D eigenvalue weighted by Crippen LogP contribution is 2.31. The van der Waals surface area contributed by atoms with Gasteiger partial charge in [-0.1, -0.05) is 0 Å². The monoisotopic (exact) mass is 163 g/mol. The number of carbonyl (C=O) groups is 1. The number of carbonyl (C=O) groups excluding carboxylic acids is 1. The van der Waals surface area contributed by atoms with E-state index in [9.17, 15) is 13.6 Å². The predicted octanol–water partition coefficient (Wildman–Crippen LogP) is 1.26. The van der Waals surface area contributed by atoms with Gasteiger partial charge in [-0.15, -0.1) is 0 Å². The molecule has 0 spiro atoms. The summed E-state index contributed by atoms with van der Waals surface area (Å²) in [4.78, 5) is 11.9. The summed E-state index contributed by atoms with van der Waals surface area (Å²) in [5, 5.41) is 0. The van der Waals surface area contributed by atoms with Gasteiger partial charge in [0.15, 0.2) is 0 Å². The van der Waals surface area contributed by atoms with Crippen molar-refractivity contribution in [2.45, 2.75) is 32.2 Å². The maximum absolute atomic E-state index is 12.6. The minimum atomic E-state index is -2.68. The van der Waals surface area contributed by atoms with Gasteiger partial charge in [0.25, 0.3) is 5.92 Å². The number of amides is 1. The fourth-order valence-electron chi connectivity index (χ4n) is 1.43. The van der Waals surface area contributed by atoms with Gasteiger partial charge in [-0.3, -0.25) is 4.79 Å². The Bertz CT molecular complexity index is 181. The smallest absolute Gasteiger partial charge is 0.267 e. The van der Waals surface area contributed by atoms with E-state index >= 15 is 0 Å². The molecule has 1 amide bonds. The molecule has 0 aromatic rings. The summed E-state index contributed by atoms with van der Waals surface area (Å²) < 4.78 is 25.2. The van der Waals surface area contributed by atoms with Crippen molar-refractivity contribution in [3.05, 3.63) is 0 Å². The first-order valence-corrected chi connectivity index (χ1v) is 3.57. The molecule has 0 unspecified atom stereocenters. The topological polar surface area (TPSA) is 20.3 Å². The van der Waals surface area contributed by atoms with E-state index in [2.05, 4.69) is 0 Å². The molecule has 0 bridgehead atoms. The van der Waals surface area contributed by atoms with Crippen molar-refractivity contribution in [3.63, 3.8) is 0 Å². The van der Waals surface area contributed by atoms with E-state index in [1.807, 2.05) is 0 Å². The first-order chi connectivity index (χ1) is 4.92. The van der Waals surface area contributed by atoms with Crippen molar-refractivity contribution < 1.29 is 13.6 Å². The van der Waals surface area contributed by atoms with Crippen LogP contribution in [-0.2, 0) is 4.79 Å². The lowest BCUT2D eigenvalue weighted by Gasteiger charge is -2.17. The van der Waals surface area contributed by atoms with E-state index in [-0.39, 0.29) is 18.4 Å². The first-order valence-electron chi connectivity index (χ1n) is 3.57. The molecule has 1 aliphatic rings. The number of nitrogens with zero attached hydrogens (tertiary/aromatic N) is 1. The lowest BCUT2D eigenvalue weighted by Crippen LogP contribution is -2.33. The van der Waals surface area contributed by atoms with E-state index in [1.54, 1.807) is 6.92 Å². The van der Waals surface area contributed by atoms with Gasteiger partial charge in [-0.25, -0.2) is 8.78 Å². The zero-order valence-corrected chi connectivity index (χ0v) is 6.60. The largest absolute Gasteiger partial charge is 0.334 e. The van der Waals surface area contributed by atoms with Crippen LogP contribution in [0.15, 0.2) is 0 Å². The Kier molecular flexibility index (Phi) is 1.86. The van der Waals surface area contributed by atoms with Crippen LogP contribution >= 0.6 is 0 Å². The van der Waals surface area contributed by atoms with Crippen LogP contribution in [0.25, 0.3) is 0 Å². The van der Waals surface area contributed by atoms with Crippen LogP contribution in [0.2, 0.25) is 0 Å². The Labute approximate surface area is 64.2 Å². The Morgan fingerprint density at radius 2 is 2.18 bits per heavy atom. The average molecular weight is 163 g/mol. The van der Waals surface area contributed by atoms with Gasteiger partial charge in [0.1, 0.15) is 0 Å². The van der Waals surface area contributed by atoms with E-state index in [4.69, 9.17) is 0 Å². The van der Waals surface area contributed by atoms with Crippen molar-refractivity contribution in [1.29, 1.82) is 0 Å². The fraction of sp³-hybridized carbons (Fsp3) is 0.857. The number of hydrogen-bond donors (Lipinski definition) is 0. The van der Waals surface area contributed by atoms with Gasteiger partial charge in [-0.2, -0.15) is 0 Å². The molecule has 0 aromatic carbocycles. The van der Waals surface area contributed by atoms with Crippen LogP contribution in [0.4, 0.5) is 8.78 Å². The summed E-state index contributed by atoms with van der Waals surface area (Å²) in [7, 11) is 0. The quantitative estimate of drug-likeness (QED) is 0.526. The molecular formula is C7H11F2NO. The number of halogens is 2. The maximum atomic E-state index is 12.6. The zero-order valence-electron chi connectivity index (χ0n) is 6.60. The van der Waals surface area contributed by atoms with Gasteiger partial charge in [-0.05, 0) is 6.92 Å². The van der Waals surface area contributed by atoms with Crippen LogP contribution in [0.5, 0.6) is 0 Å². The second-order valence-corrected chi connectivity index (χ2v) is 3.06. The van der Waals surface area contributed by atoms with Crippen LogP contribution in [0.1, 0.15) is 20.3 Å². The summed E-state index contributed by atoms with van der Waals surface area (Å²) in [6, 6.07) is -0.317. The molecule has 0 saturated carbocycles. The molecule has 1 heterocycles. The van der Waals surface area contributed by atoms with Crippen molar-refractivity contribution in [1.82, 2.24) is 4.90 Å². The number of alkyl halides is 2. The third-order valence-corrected chi connectivity index (χ3v) is 1.93. The first kappa shape index (κ1) is 8.43. The molecule has 4 heteroatoms. The molecule has 1 atom stereocenters. The molecule has 0 radical (unpaired) electrons. The summed E-state index contributed by atoms with van der Waals surface area (Å²) in [6.07, 6.45) is -0.202. The zero-order chi connectivity index (χ0) is 8.65. The van der Waals surface area contributed by atoms with E-state index in [0.717, 1.165) is 0 Å². The Morgan fingerprint density at radius 3 is 2.36 bits per heavy atom. The molecule has 0 aromatic heterocycles. The van der Waals surface area contributed by atoms with Crippen molar-refractivity contribution in [2.24, 2.45) is 0 Å². The summed E-state index contributed by atoms with van der Waals surface area (Å²) in [6.45, 7) is 2.55. The third kappa shape index (κ3) is 1.67. The number of likely N-dealkylation sites (tertiary alicyclic amines) is 1.